The Bertz CT molecular complexity index is 356. The van der Waals surface area contributed by atoms with E-state index in [-0.39, 0.29) is 5.04 Å². The summed E-state index contributed by atoms with van der Waals surface area (Å²) in [6.07, 6.45) is 0. The summed E-state index contributed by atoms with van der Waals surface area (Å²) in [6.45, 7) is 14.3. The van der Waals surface area contributed by atoms with E-state index in [2.05, 4.69) is 44.1 Å². The summed E-state index contributed by atoms with van der Waals surface area (Å²) in [5.74, 6) is 0.640. The van der Waals surface area contributed by atoms with E-state index < -0.39 is 8.32 Å². The SMILES string of the molecule is Cc1cc(OCCO[Si](C)(C)C(C)(C)C)n[nH]1. The molecule has 0 radical (unpaired) electrons. The predicted octanol–water partition coefficient (Wildman–Crippen LogP) is 3.12. The first-order valence-electron chi connectivity index (χ1n) is 6.01. The monoisotopic (exact) mass is 256 g/mol. The van der Waals surface area contributed by atoms with Crippen molar-refractivity contribution in [1.82, 2.24) is 10.2 Å². The van der Waals surface area contributed by atoms with Crippen LogP contribution in [0, 0.1) is 6.92 Å². The van der Waals surface area contributed by atoms with Crippen LogP contribution in [-0.2, 0) is 4.43 Å². The molecule has 0 spiro atoms. The molecule has 0 bridgehead atoms. The fourth-order valence-electron chi connectivity index (χ4n) is 1.13. The molecule has 0 saturated carbocycles. The lowest BCUT2D eigenvalue weighted by Crippen LogP contribution is -2.41. The number of hydrogen-bond donors (Lipinski definition) is 1. The van der Waals surface area contributed by atoms with E-state index in [1.54, 1.807) is 0 Å². The van der Waals surface area contributed by atoms with Gasteiger partial charge in [-0.2, -0.15) is 0 Å². The summed E-state index contributed by atoms with van der Waals surface area (Å²) >= 11 is 0. The molecule has 0 amide bonds. The highest BCUT2D eigenvalue weighted by Crippen LogP contribution is 2.36. The Morgan fingerprint density at radius 2 is 1.94 bits per heavy atom. The van der Waals surface area contributed by atoms with Crippen molar-refractivity contribution in [3.8, 4) is 5.88 Å². The van der Waals surface area contributed by atoms with Crippen LogP contribution in [0.3, 0.4) is 0 Å². The molecule has 0 fully saturated rings. The molecular formula is C12H24N2O2Si. The van der Waals surface area contributed by atoms with Gasteiger partial charge in [0.15, 0.2) is 8.32 Å². The molecule has 0 aliphatic heterocycles. The van der Waals surface area contributed by atoms with Crippen molar-refractivity contribution in [2.24, 2.45) is 0 Å². The van der Waals surface area contributed by atoms with Crippen LogP contribution in [0.25, 0.3) is 0 Å². The largest absolute Gasteiger partial charge is 0.474 e. The minimum atomic E-state index is -1.65. The topological polar surface area (TPSA) is 47.1 Å². The highest BCUT2D eigenvalue weighted by atomic mass is 28.4. The summed E-state index contributed by atoms with van der Waals surface area (Å²) < 4.78 is 11.5. The van der Waals surface area contributed by atoms with Crippen molar-refractivity contribution in [2.45, 2.75) is 45.8 Å². The van der Waals surface area contributed by atoms with Crippen molar-refractivity contribution in [1.29, 1.82) is 0 Å². The van der Waals surface area contributed by atoms with Crippen LogP contribution >= 0.6 is 0 Å². The maximum Gasteiger partial charge on any atom is 0.232 e. The molecule has 0 aliphatic carbocycles. The van der Waals surface area contributed by atoms with Gasteiger partial charge in [0, 0.05) is 11.8 Å². The first kappa shape index (κ1) is 14.2. The maximum absolute atomic E-state index is 6.00. The van der Waals surface area contributed by atoms with E-state index in [1.807, 2.05) is 13.0 Å². The average molecular weight is 256 g/mol. The van der Waals surface area contributed by atoms with Crippen LogP contribution < -0.4 is 4.74 Å². The quantitative estimate of drug-likeness (QED) is 0.650. The Hall–Kier alpha value is -0.813. The highest BCUT2D eigenvalue weighted by Gasteiger charge is 2.36. The molecule has 98 valence electrons. The summed E-state index contributed by atoms with van der Waals surface area (Å²) in [5.41, 5.74) is 1.00. The van der Waals surface area contributed by atoms with Crippen LogP contribution in [-0.4, -0.2) is 31.7 Å². The van der Waals surface area contributed by atoms with Gasteiger partial charge in [0.05, 0.1) is 6.61 Å². The van der Waals surface area contributed by atoms with Crippen molar-refractivity contribution in [3.63, 3.8) is 0 Å². The number of ether oxygens (including phenoxy) is 1. The van der Waals surface area contributed by atoms with Crippen LogP contribution in [0.4, 0.5) is 0 Å². The molecule has 1 rings (SSSR count). The first-order chi connectivity index (χ1) is 7.72. The molecule has 5 heteroatoms. The number of rotatable bonds is 5. The van der Waals surface area contributed by atoms with Crippen LogP contribution in [0.2, 0.25) is 18.1 Å². The Morgan fingerprint density at radius 1 is 1.29 bits per heavy atom. The number of nitrogens with one attached hydrogen (secondary N) is 1. The molecule has 17 heavy (non-hydrogen) atoms. The number of aromatic nitrogens is 2. The molecule has 1 aromatic rings. The number of aromatic amines is 1. The van der Waals surface area contributed by atoms with Crippen molar-refractivity contribution >= 4 is 8.32 Å². The number of aryl methyl sites for hydroxylation is 1. The smallest absolute Gasteiger partial charge is 0.232 e. The Morgan fingerprint density at radius 3 is 2.41 bits per heavy atom. The standard InChI is InChI=1S/C12H24N2O2Si/c1-10-9-11(14-13-10)15-7-8-16-17(5,6)12(2,3)4/h9H,7-8H2,1-6H3,(H,13,14). The van der Waals surface area contributed by atoms with E-state index >= 15 is 0 Å². The van der Waals surface area contributed by atoms with Crippen LogP contribution in [0.1, 0.15) is 26.5 Å². The van der Waals surface area contributed by atoms with Crippen LogP contribution in [0.15, 0.2) is 6.07 Å². The second-order valence-electron chi connectivity index (χ2n) is 5.85. The molecule has 0 saturated heterocycles. The van der Waals surface area contributed by atoms with E-state index in [4.69, 9.17) is 9.16 Å². The summed E-state index contributed by atoms with van der Waals surface area (Å²) in [7, 11) is -1.65. The zero-order valence-electron chi connectivity index (χ0n) is 11.8. The molecule has 1 N–H and O–H groups in total. The minimum Gasteiger partial charge on any atom is -0.474 e. The predicted molar refractivity (Wildman–Crippen MR) is 72.0 cm³/mol. The van der Waals surface area contributed by atoms with Crippen molar-refractivity contribution < 1.29 is 9.16 Å². The molecule has 4 nitrogen and oxygen atoms in total. The lowest BCUT2D eigenvalue weighted by molar-refractivity contribution is 0.199. The second-order valence-corrected chi connectivity index (χ2v) is 10.7. The fourth-order valence-corrected chi connectivity index (χ4v) is 2.15. The zero-order valence-corrected chi connectivity index (χ0v) is 12.8. The van der Waals surface area contributed by atoms with E-state index in [0.717, 1.165) is 5.69 Å². The minimum absolute atomic E-state index is 0.246. The molecule has 0 atom stereocenters. The molecule has 0 aliphatic rings. The zero-order chi connectivity index (χ0) is 13.1. The van der Waals surface area contributed by atoms with Gasteiger partial charge in [-0.25, -0.2) is 0 Å². The third-order valence-electron chi connectivity index (χ3n) is 3.28. The van der Waals surface area contributed by atoms with Gasteiger partial charge < -0.3 is 9.16 Å². The first-order valence-corrected chi connectivity index (χ1v) is 8.92. The number of nitrogens with zero attached hydrogens (tertiary/aromatic N) is 1. The van der Waals surface area contributed by atoms with Gasteiger partial charge in [-0.15, -0.1) is 5.10 Å². The van der Waals surface area contributed by atoms with Gasteiger partial charge in [0.2, 0.25) is 5.88 Å². The van der Waals surface area contributed by atoms with Gasteiger partial charge in [-0.3, -0.25) is 5.10 Å². The Kier molecular flexibility index (Phi) is 4.38. The summed E-state index contributed by atoms with van der Waals surface area (Å²) in [5, 5.41) is 7.10. The average Bonchev–Trinajstić information content (AvgIpc) is 2.57. The fraction of sp³-hybridized carbons (Fsp3) is 0.750. The Balaban J connectivity index is 2.29. The molecule has 0 aromatic carbocycles. The van der Waals surface area contributed by atoms with E-state index in [0.29, 0.717) is 19.1 Å². The van der Waals surface area contributed by atoms with E-state index in [9.17, 15) is 0 Å². The highest BCUT2D eigenvalue weighted by molar-refractivity contribution is 6.74. The molecule has 1 aromatic heterocycles. The molecule has 0 unspecified atom stereocenters. The van der Waals surface area contributed by atoms with Gasteiger partial charge >= 0.3 is 0 Å². The normalized spacial score (nSPS) is 12.8. The maximum atomic E-state index is 6.00. The third kappa shape index (κ3) is 4.16. The van der Waals surface area contributed by atoms with Gasteiger partial charge in [-0.1, -0.05) is 20.8 Å². The van der Waals surface area contributed by atoms with Crippen molar-refractivity contribution in [2.75, 3.05) is 13.2 Å². The van der Waals surface area contributed by atoms with Crippen molar-refractivity contribution in [3.05, 3.63) is 11.8 Å². The van der Waals surface area contributed by atoms with Gasteiger partial charge in [0.1, 0.15) is 6.61 Å². The molecular weight excluding hydrogens is 232 g/mol. The number of H-pyrrole nitrogens is 1. The third-order valence-corrected chi connectivity index (χ3v) is 7.82. The second kappa shape index (κ2) is 5.22. The summed E-state index contributed by atoms with van der Waals surface area (Å²) in [6, 6.07) is 1.88. The molecule has 1 heterocycles. The Labute approximate surface area is 105 Å². The van der Waals surface area contributed by atoms with Gasteiger partial charge in [0.25, 0.3) is 0 Å². The lowest BCUT2D eigenvalue weighted by Gasteiger charge is -2.36. The van der Waals surface area contributed by atoms with Crippen LogP contribution in [0.5, 0.6) is 5.88 Å². The van der Waals surface area contributed by atoms with Gasteiger partial charge in [-0.05, 0) is 25.1 Å². The number of hydrogen-bond acceptors (Lipinski definition) is 3. The lowest BCUT2D eigenvalue weighted by atomic mass is 10.2. The van der Waals surface area contributed by atoms with E-state index in [1.165, 1.54) is 0 Å². The summed E-state index contributed by atoms with van der Waals surface area (Å²) in [4.78, 5) is 0.